The topological polar surface area (TPSA) is 0 Å². The Bertz CT molecular complexity index is 21.6. The van der Waals surface area contributed by atoms with Gasteiger partial charge in [0, 0.05) is 0 Å². The van der Waals surface area contributed by atoms with Crippen molar-refractivity contribution in [2.24, 2.45) is 5.41 Å². The van der Waals surface area contributed by atoms with E-state index in [1.54, 1.807) is 0 Å². The number of hydrogen-bond acceptors (Lipinski definition) is 0. The van der Waals surface area contributed by atoms with Gasteiger partial charge in [-0.2, -0.15) is 0 Å². The molecule has 0 aromatic carbocycles. The van der Waals surface area contributed by atoms with Crippen LogP contribution < -0.4 is 0 Å². The quantitative estimate of drug-likeness (QED) is 0.491. The minimum absolute atomic E-state index is 0. The molecule has 0 amide bonds. The van der Waals surface area contributed by atoms with Gasteiger partial charge >= 0.3 is 0 Å². The lowest BCUT2D eigenvalue weighted by atomic mass is 10.0. The second-order valence-electron chi connectivity index (χ2n) is 3.00. The van der Waals surface area contributed by atoms with Crippen LogP contribution in [-0.4, -0.2) is 0 Å². The summed E-state index contributed by atoms with van der Waals surface area (Å²) in [6, 6.07) is 0. The van der Waals surface area contributed by atoms with Crippen LogP contribution in [0.1, 0.15) is 27.7 Å². The molecule has 0 aromatic heterocycles. The van der Waals surface area contributed by atoms with Crippen molar-refractivity contribution in [3.8, 4) is 0 Å². The van der Waals surface area contributed by atoms with E-state index in [2.05, 4.69) is 27.7 Å². The van der Waals surface area contributed by atoms with Crippen molar-refractivity contribution in [1.29, 1.82) is 0 Å². The van der Waals surface area contributed by atoms with Gasteiger partial charge in [0.2, 0.25) is 0 Å². The number of hydrogen-bond donors (Lipinski definition) is 0. The van der Waals surface area contributed by atoms with E-state index in [0.29, 0.717) is 5.41 Å². The maximum absolute atomic E-state index is 2.19. The van der Waals surface area contributed by atoms with Crippen molar-refractivity contribution in [3.05, 3.63) is 0 Å². The van der Waals surface area contributed by atoms with E-state index in [4.69, 9.17) is 0 Å². The van der Waals surface area contributed by atoms with Gasteiger partial charge in [-0.1, -0.05) is 27.7 Å². The highest BCUT2D eigenvalue weighted by atomic mass is 35.5. The molecule has 0 heterocycles. The first-order valence-electron chi connectivity index (χ1n) is 2.00. The second-order valence-corrected chi connectivity index (χ2v) is 3.00. The number of halogens is 2. The second kappa shape index (κ2) is 4.73. The van der Waals surface area contributed by atoms with Crippen molar-refractivity contribution in [2.45, 2.75) is 27.7 Å². The van der Waals surface area contributed by atoms with Crippen LogP contribution in [0.5, 0.6) is 0 Å². The Morgan fingerprint density at radius 3 is 0.714 bits per heavy atom. The van der Waals surface area contributed by atoms with Crippen LogP contribution in [0, 0.1) is 5.41 Å². The third-order valence-corrected chi connectivity index (χ3v) is 0. The first-order valence-corrected chi connectivity index (χ1v) is 2.00. The predicted molar refractivity (Wildman–Crippen MR) is 39.6 cm³/mol. The lowest BCUT2D eigenvalue weighted by Gasteiger charge is -2.05. The van der Waals surface area contributed by atoms with E-state index in [1.807, 2.05) is 0 Å². The molecule has 0 aliphatic rings. The molecule has 48 valence electrons. The van der Waals surface area contributed by atoms with E-state index >= 15 is 0 Å². The first-order chi connectivity index (χ1) is 2.00. The smallest absolute Gasteiger partial charge is 0.0411 e. The van der Waals surface area contributed by atoms with Crippen molar-refractivity contribution in [2.75, 3.05) is 0 Å². The molecular weight excluding hydrogens is 131 g/mol. The van der Waals surface area contributed by atoms with E-state index in [1.165, 1.54) is 0 Å². The van der Waals surface area contributed by atoms with Gasteiger partial charge in [0.15, 0.2) is 0 Å². The largest absolute Gasteiger partial charge is 0.147 e. The minimum Gasteiger partial charge on any atom is -0.147 e. The summed E-state index contributed by atoms with van der Waals surface area (Å²) >= 11 is 0. The van der Waals surface area contributed by atoms with Crippen LogP contribution in [-0.2, 0) is 0 Å². The van der Waals surface area contributed by atoms with Crippen LogP contribution in [0.3, 0.4) is 0 Å². The maximum Gasteiger partial charge on any atom is -0.0411 e. The summed E-state index contributed by atoms with van der Waals surface area (Å²) in [6.07, 6.45) is 0. The molecule has 0 N–H and O–H groups in total. The van der Waals surface area contributed by atoms with E-state index in [0.717, 1.165) is 0 Å². The van der Waals surface area contributed by atoms with Gasteiger partial charge in [-0.25, -0.2) is 0 Å². The Morgan fingerprint density at radius 1 is 0.714 bits per heavy atom. The van der Waals surface area contributed by atoms with E-state index in [9.17, 15) is 0 Å². The minimum atomic E-state index is 0. The molecule has 0 aromatic rings. The molecular formula is C5H14Cl2. The first kappa shape index (κ1) is 15.6. The SMILES string of the molecule is CC(C)(C)C.Cl.Cl. The molecule has 2 heteroatoms. The molecule has 0 spiro atoms. The zero-order chi connectivity index (χ0) is 4.50. The van der Waals surface area contributed by atoms with Crippen LogP contribution in [0.4, 0.5) is 0 Å². The molecule has 0 aliphatic carbocycles. The fourth-order valence-electron chi connectivity index (χ4n) is 0. The van der Waals surface area contributed by atoms with Gasteiger partial charge in [-0.3, -0.25) is 0 Å². The van der Waals surface area contributed by atoms with Crippen LogP contribution in [0.2, 0.25) is 0 Å². The summed E-state index contributed by atoms with van der Waals surface area (Å²) in [6.45, 7) is 8.75. The van der Waals surface area contributed by atoms with Gasteiger partial charge < -0.3 is 0 Å². The van der Waals surface area contributed by atoms with E-state index < -0.39 is 0 Å². The molecule has 0 bridgehead atoms. The zero-order valence-corrected chi connectivity index (χ0v) is 6.95. The van der Waals surface area contributed by atoms with Crippen molar-refractivity contribution < 1.29 is 0 Å². The highest BCUT2D eigenvalue weighted by Crippen LogP contribution is 2.07. The Labute approximate surface area is 58.5 Å². The fraction of sp³-hybridized carbons (Fsp3) is 1.00. The van der Waals surface area contributed by atoms with Gasteiger partial charge in [-0.15, -0.1) is 24.8 Å². The molecule has 0 fully saturated rings. The summed E-state index contributed by atoms with van der Waals surface area (Å²) in [5.74, 6) is 0. The average molecular weight is 145 g/mol. The summed E-state index contributed by atoms with van der Waals surface area (Å²) in [5, 5.41) is 0. The standard InChI is InChI=1S/C5H12.2ClH/c1-5(2,3)4;;/h1-4H3;2*1H. The monoisotopic (exact) mass is 144 g/mol. The Kier molecular flexibility index (Phi) is 10.6. The molecule has 0 rings (SSSR count). The molecule has 0 saturated heterocycles. The summed E-state index contributed by atoms with van der Waals surface area (Å²) in [4.78, 5) is 0. The third-order valence-electron chi connectivity index (χ3n) is 0. The molecule has 7 heavy (non-hydrogen) atoms. The van der Waals surface area contributed by atoms with Crippen LogP contribution in [0.25, 0.3) is 0 Å². The lowest BCUT2D eigenvalue weighted by molar-refractivity contribution is 0.469. The van der Waals surface area contributed by atoms with Crippen LogP contribution >= 0.6 is 24.8 Å². The lowest BCUT2D eigenvalue weighted by Crippen LogP contribution is -1.93. The third kappa shape index (κ3) is 410. The Balaban J connectivity index is -0.0000000800. The maximum atomic E-state index is 2.19. The van der Waals surface area contributed by atoms with Crippen molar-refractivity contribution in [3.63, 3.8) is 0 Å². The molecule has 0 atom stereocenters. The fourth-order valence-corrected chi connectivity index (χ4v) is 0. The van der Waals surface area contributed by atoms with Gasteiger partial charge in [0.05, 0.1) is 0 Å². The average Bonchev–Trinajstić information content (AvgIpc) is 0.722. The van der Waals surface area contributed by atoms with Crippen molar-refractivity contribution >= 4 is 24.8 Å². The zero-order valence-electron chi connectivity index (χ0n) is 5.32. The highest BCUT2D eigenvalue weighted by Gasteiger charge is 1.95. The molecule has 0 unspecified atom stereocenters. The molecule has 0 saturated carbocycles. The summed E-state index contributed by atoms with van der Waals surface area (Å²) < 4.78 is 0. The number of rotatable bonds is 0. The normalized spacial score (nSPS) is 8.57. The van der Waals surface area contributed by atoms with Gasteiger partial charge in [0.25, 0.3) is 0 Å². The summed E-state index contributed by atoms with van der Waals surface area (Å²) in [5.41, 5.74) is 0.500. The highest BCUT2D eigenvalue weighted by molar-refractivity contribution is 5.85. The summed E-state index contributed by atoms with van der Waals surface area (Å²) in [7, 11) is 0. The van der Waals surface area contributed by atoms with Crippen LogP contribution in [0.15, 0.2) is 0 Å². The molecule has 0 aliphatic heterocycles. The Morgan fingerprint density at radius 2 is 0.714 bits per heavy atom. The van der Waals surface area contributed by atoms with Crippen molar-refractivity contribution in [1.82, 2.24) is 0 Å². The molecule has 0 radical (unpaired) electrons. The Hall–Kier alpha value is 0.580. The van der Waals surface area contributed by atoms with E-state index in [-0.39, 0.29) is 24.8 Å². The van der Waals surface area contributed by atoms with Gasteiger partial charge in [-0.05, 0) is 5.41 Å². The predicted octanol–water partition coefficient (Wildman–Crippen LogP) is 2.90. The molecule has 0 nitrogen and oxygen atoms in total. The van der Waals surface area contributed by atoms with Gasteiger partial charge in [0.1, 0.15) is 0 Å².